The molecular weight excluding hydrogens is 198 g/mol. The number of aromatic amines is 1. The average molecular weight is 208 g/mol. The number of H-pyrrole nitrogens is 1. The molecule has 0 bridgehead atoms. The normalized spacial score (nSPS) is 10.8. The van der Waals surface area contributed by atoms with Gasteiger partial charge in [-0.25, -0.2) is 0 Å². The minimum atomic E-state index is 0.598. The molecule has 0 spiro atoms. The molecule has 0 unspecified atom stereocenters. The summed E-state index contributed by atoms with van der Waals surface area (Å²) < 4.78 is 0. The zero-order valence-corrected chi connectivity index (χ0v) is 8.77. The number of carbonyl (C=O) groups excluding carboxylic acids is 1. The largest absolute Gasteiger partial charge is 0.357 e. The van der Waals surface area contributed by atoms with Crippen LogP contribution >= 0.6 is 11.6 Å². The van der Waals surface area contributed by atoms with Crippen molar-refractivity contribution in [1.29, 1.82) is 0 Å². The van der Waals surface area contributed by atoms with Crippen molar-refractivity contribution in [2.75, 3.05) is 0 Å². The Bertz CT molecular complexity index is 513. The molecule has 1 heterocycles. The van der Waals surface area contributed by atoms with E-state index in [0.717, 1.165) is 28.4 Å². The molecule has 0 aliphatic heterocycles. The number of hydrogen-bond acceptors (Lipinski definition) is 1. The van der Waals surface area contributed by atoms with Gasteiger partial charge in [0.05, 0.1) is 10.5 Å². The number of fused-ring (bicyclic) bond motifs is 1. The Morgan fingerprint density at radius 1 is 1.36 bits per heavy atom. The van der Waals surface area contributed by atoms with Crippen LogP contribution in [-0.2, 0) is 0 Å². The van der Waals surface area contributed by atoms with Crippen LogP contribution in [0.15, 0.2) is 12.1 Å². The second-order valence-electron chi connectivity index (χ2n) is 3.42. The number of halogens is 1. The van der Waals surface area contributed by atoms with Crippen molar-refractivity contribution in [2.24, 2.45) is 0 Å². The van der Waals surface area contributed by atoms with Crippen LogP contribution in [0.2, 0.25) is 5.02 Å². The first-order valence-electron chi connectivity index (χ1n) is 4.37. The third-order valence-electron chi connectivity index (χ3n) is 2.53. The lowest BCUT2D eigenvalue weighted by Gasteiger charge is -1.96. The van der Waals surface area contributed by atoms with Crippen molar-refractivity contribution in [2.45, 2.75) is 13.8 Å². The van der Waals surface area contributed by atoms with Crippen LogP contribution in [0.25, 0.3) is 10.9 Å². The van der Waals surface area contributed by atoms with Gasteiger partial charge in [0.1, 0.15) is 6.29 Å². The number of nitrogens with one attached hydrogen (secondary N) is 1. The summed E-state index contributed by atoms with van der Waals surface area (Å²) >= 11 is 6.04. The molecule has 0 aliphatic carbocycles. The number of aldehydes is 1. The summed E-state index contributed by atoms with van der Waals surface area (Å²) in [5.74, 6) is 0. The zero-order chi connectivity index (χ0) is 10.3. The molecule has 0 aliphatic rings. The lowest BCUT2D eigenvalue weighted by Crippen LogP contribution is -1.80. The van der Waals surface area contributed by atoms with Gasteiger partial charge in [0.15, 0.2) is 0 Å². The Kier molecular flexibility index (Phi) is 2.08. The van der Waals surface area contributed by atoms with Crippen molar-refractivity contribution in [3.05, 3.63) is 34.0 Å². The molecule has 0 radical (unpaired) electrons. The Balaban J connectivity index is 2.90. The van der Waals surface area contributed by atoms with E-state index in [1.807, 2.05) is 19.9 Å². The van der Waals surface area contributed by atoms with Crippen LogP contribution in [0.1, 0.15) is 21.6 Å². The molecular formula is C11H10ClNO. The summed E-state index contributed by atoms with van der Waals surface area (Å²) in [6.45, 7) is 4.01. The van der Waals surface area contributed by atoms with Crippen molar-refractivity contribution in [3.8, 4) is 0 Å². The van der Waals surface area contributed by atoms with Gasteiger partial charge in [0, 0.05) is 16.6 Å². The van der Waals surface area contributed by atoms with E-state index in [1.54, 1.807) is 6.07 Å². The van der Waals surface area contributed by atoms with Gasteiger partial charge in [0.2, 0.25) is 0 Å². The highest BCUT2D eigenvalue weighted by Crippen LogP contribution is 2.28. The second kappa shape index (κ2) is 3.14. The molecule has 2 rings (SSSR count). The van der Waals surface area contributed by atoms with Gasteiger partial charge in [-0.1, -0.05) is 11.6 Å². The van der Waals surface area contributed by atoms with E-state index in [1.165, 1.54) is 0 Å². The molecule has 72 valence electrons. The number of rotatable bonds is 1. The minimum Gasteiger partial charge on any atom is -0.357 e. The predicted molar refractivity (Wildman–Crippen MR) is 58.2 cm³/mol. The standard InChI is InChI=1S/C11H10ClNO/c1-6-7(2)13-11-9(6)3-8(5-14)4-10(11)12/h3-5,13H,1-2H3. The Labute approximate surface area is 86.9 Å². The number of hydrogen-bond donors (Lipinski definition) is 1. The average Bonchev–Trinajstić information content (AvgIpc) is 2.45. The lowest BCUT2D eigenvalue weighted by atomic mass is 10.1. The molecule has 2 nitrogen and oxygen atoms in total. The molecule has 14 heavy (non-hydrogen) atoms. The van der Waals surface area contributed by atoms with Gasteiger partial charge in [0.25, 0.3) is 0 Å². The third-order valence-corrected chi connectivity index (χ3v) is 2.83. The van der Waals surface area contributed by atoms with E-state index in [4.69, 9.17) is 11.6 Å². The maximum Gasteiger partial charge on any atom is 0.150 e. The van der Waals surface area contributed by atoms with E-state index >= 15 is 0 Å². The summed E-state index contributed by atoms with van der Waals surface area (Å²) in [6, 6.07) is 3.53. The quantitative estimate of drug-likeness (QED) is 0.716. The zero-order valence-electron chi connectivity index (χ0n) is 8.02. The molecule has 1 N–H and O–H groups in total. The first-order valence-corrected chi connectivity index (χ1v) is 4.75. The van der Waals surface area contributed by atoms with Gasteiger partial charge >= 0.3 is 0 Å². The van der Waals surface area contributed by atoms with E-state index in [-0.39, 0.29) is 0 Å². The van der Waals surface area contributed by atoms with Crippen molar-refractivity contribution in [1.82, 2.24) is 4.98 Å². The van der Waals surface area contributed by atoms with Crippen LogP contribution in [0.3, 0.4) is 0 Å². The molecule has 0 saturated carbocycles. The maximum atomic E-state index is 10.7. The molecule has 0 atom stereocenters. The monoisotopic (exact) mass is 207 g/mol. The molecule has 3 heteroatoms. The van der Waals surface area contributed by atoms with Crippen molar-refractivity contribution < 1.29 is 4.79 Å². The first kappa shape index (κ1) is 9.28. The van der Waals surface area contributed by atoms with Gasteiger partial charge in [-0.15, -0.1) is 0 Å². The van der Waals surface area contributed by atoms with E-state index in [9.17, 15) is 4.79 Å². The Morgan fingerprint density at radius 2 is 2.07 bits per heavy atom. The molecule has 0 amide bonds. The number of benzene rings is 1. The van der Waals surface area contributed by atoms with Crippen LogP contribution in [-0.4, -0.2) is 11.3 Å². The second-order valence-corrected chi connectivity index (χ2v) is 3.83. The van der Waals surface area contributed by atoms with E-state index in [0.29, 0.717) is 10.6 Å². The molecule has 2 aromatic rings. The summed E-state index contributed by atoms with van der Waals surface area (Å²) in [5, 5.41) is 1.62. The SMILES string of the molecule is Cc1[nH]c2c(Cl)cc(C=O)cc2c1C. The highest BCUT2D eigenvalue weighted by Gasteiger charge is 2.08. The van der Waals surface area contributed by atoms with Gasteiger partial charge in [-0.2, -0.15) is 0 Å². The van der Waals surface area contributed by atoms with E-state index < -0.39 is 0 Å². The lowest BCUT2D eigenvalue weighted by molar-refractivity contribution is 0.112. The fourth-order valence-electron chi connectivity index (χ4n) is 1.60. The van der Waals surface area contributed by atoms with Crippen molar-refractivity contribution in [3.63, 3.8) is 0 Å². The van der Waals surface area contributed by atoms with Crippen LogP contribution in [0, 0.1) is 13.8 Å². The summed E-state index contributed by atoms with van der Waals surface area (Å²) in [6.07, 6.45) is 0.813. The van der Waals surface area contributed by atoms with Crippen LogP contribution < -0.4 is 0 Å². The third kappa shape index (κ3) is 1.23. The molecule has 1 aromatic carbocycles. The smallest absolute Gasteiger partial charge is 0.150 e. The summed E-state index contributed by atoms with van der Waals surface area (Å²) in [4.78, 5) is 13.9. The first-order chi connectivity index (χ1) is 6.63. The maximum absolute atomic E-state index is 10.7. The minimum absolute atomic E-state index is 0.598. The number of carbonyl (C=O) groups is 1. The molecule has 0 fully saturated rings. The Hall–Kier alpha value is -1.28. The van der Waals surface area contributed by atoms with Gasteiger partial charge in [-0.3, -0.25) is 4.79 Å². The fraction of sp³-hybridized carbons (Fsp3) is 0.182. The van der Waals surface area contributed by atoms with Crippen LogP contribution in [0.5, 0.6) is 0 Å². The highest BCUT2D eigenvalue weighted by molar-refractivity contribution is 6.35. The Morgan fingerprint density at radius 3 is 2.71 bits per heavy atom. The highest BCUT2D eigenvalue weighted by atomic mass is 35.5. The fourth-order valence-corrected chi connectivity index (χ4v) is 1.88. The summed E-state index contributed by atoms with van der Waals surface area (Å²) in [7, 11) is 0. The topological polar surface area (TPSA) is 32.9 Å². The molecule has 1 aromatic heterocycles. The summed E-state index contributed by atoms with van der Waals surface area (Å²) in [5.41, 5.74) is 3.76. The van der Waals surface area contributed by atoms with Gasteiger partial charge < -0.3 is 4.98 Å². The van der Waals surface area contributed by atoms with Gasteiger partial charge in [-0.05, 0) is 31.5 Å². The predicted octanol–water partition coefficient (Wildman–Crippen LogP) is 3.25. The number of aryl methyl sites for hydroxylation is 2. The molecule has 0 saturated heterocycles. The number of aromatic nitrogens is 1. The van der Waals surface area contributed by atoms with Crippen molar-refractivity contribution >= 4 is 28.8 Å². The van der Waals surface area contributed by atoms with Crippen LogP contribution in [0.4, 0.5) is 0 Å². The van der Waals surface area contributed by atoms with E-state index in [2.05, 4.69) is 4.98 Å².